The molecular weight excluding hydrogens is 340 g/mol. The van der Waals surface area contributed by atoms with Crippen LogP contribution in [0.25, 0.3) is 16.9 Å². The number of aromatic amines is 1. The Morgan fingerprint density at radius 3 is 2.70 bits per heavy atom. The van der Waals surface area contributed by atoms with Crippen molar-refractivity contribution in [2.45, 2.75) is 6.54 Å². The number of H-pyrrole nitrogens is 1. The predicted molar refractivity (Wildman–Crippen MR) is 102 cm³/mol. The Balaban J connectivity index is 1.26. The maximum atomic E-state index is 4.37. The fraction of sp³-hybridized carbons (Fsp3) is 0.263. The van der Waals surface area contributed by atoms with Gasteiger partial charge in [-0.25, -0.2) is 4.52 Å². The summed E-state index contributed by atoms with van der Waals surface area (Å²) in [5.41, 5.74) is 5.40. The van der Waals surface area contributed by atoms with Gasteiger partial charge in [-0.15, -0.1) is 10.2 Å². The van der Waals surface area contributed by atoms with Crippen molar-refractivity contribution in [3.63, 3.8) is 0 Å². The first kappa shape index (κ1) is 16.0. The highest BCUT2D eigenvalue weighted by molar-refractivity contribution is 5.62. The summed E-state index contributed by atoms with van der Waals surface area (Å²) in [7, 11) is 0. The summed E-state index contributed by atoms with van der Waals surface area (Å²) < 4.78 is 1.68. The second-order valence-corrected chi connectivity index (χ2v) is 6.75. The van der Waals surface area contributed by atoms with Gasteiger partial charge in [0, 0.05) is 44.4 Å². The second kappa shape index (κ2) is 6.81. The number of nitrogens with one attached hydrogen (secondary N) is 1. The number of rotatable bonds is 4. The van der Waals surface area contributed by atoms with Gasteiger partial charge >= 0.3 is 0 Å². The van der Waals surface area contributed by atoms with E-state index in [0.29, 0.717) is 0 Å². The molecule has 8 heteroatoms. The lowest BCUT2D eigenvalue weighted by atomic mass is 10.1. The molecule has 3 aromatic heterocycles. The van der Waals surface area contributed by atoms with Gasteiger partial charge in [0.1, 0.15) is 6.33 Å². The van der Waals surface area contributed by atoms with Crippen LogP contribution >= 0.6 is 0 Å². The second-order valence-electron chi connectivity index (χ2n) is 6.75. The van der Waals surface area contributed by atoms with Crippen LogP contribution in [0.1, 0.15) is 5.56 Å². The average molecular weight is 360 g/mol. The van der Waals surface area contributed by atoms with Crippen molar-refractivity contribution in [3.8, 4) is 11.3 Å². The zero-order chi connectivity index (χ0) is 18.1. The Morgan fingerprint density at radius 2 is 1.85 bits per heavy atom. The van der Waals surface area contributed by atoms with Crippen molar-refractivity contribution >= 4 is 11.3 Å². The Labute approximate surface area is 156 Å². The molecule has 0 unspecified atom stereocenters. The van der Waals surface area contributed by atoms with Crippen LogP contribution in [0.4, 0.5) is 5.69 Å². The van der Waals surface area contributed by atoms with Crippen LogP contribution in [0.15, 0.2) is 55.1 Å². The lowest BCUT2D eigenvalue weighted by molar-refractivity contribution is 0.250. The Hall–Kier alpha value is -3.26. The third-order valence-corrected chi connectivity index (χ3v) is 5.06. The van der Waals surface area contributed by atoms with E-state index in [4.69, 9.17) is 0 Å². The summed E-state index contributed by atoms with van der Waals surface area (Å²) in [6, 6.07) is 12.4. The molecular formula is C19H20N8. The number of nitrogens with zero attached hydrogens (tertiary/aromatic N) is 7. The van der Waals surface area contributed by atoms with Crippen molar-refractivity contribution in [3.05, 3.63) is 60.7 Å². The number of hydrogen-bond donors (Lipinski definition) is 1. The van der Waals surface area contributed by atoms with Crippen LogP contribution in [-0.2, 0) is 6.54 Å². The van der Waals surface area contributed by atoms with Gasteiger partial charge in [-0.05, 0) is 5.56 Å². The molecule has 0 bridgehead atoms. The van der Waals surface area contributed by atoms with E-state index in [1.54, 1.807) is 10.8 Å². The number of fused-ring (bicyclic) bond motifs is 1. The molecule has 0 radical (unpaired) electrons. The van der Waals surface area contributed by atoms with Gasteiger partial charge in [-0.3, -0.25) is 10.00 Å². The number of piperazine rings is 1. The number of hydrogen-bond acceptors (Lipinski definition) is 6. The lowest BCUT2D eigenvalue weighted by Crippen LogP contribution is -2.46. The summed E-state index contributed by atoms with van der Waals surface area (Å²) in [5, 5.41) is 19.8. The maximum Gasteiger partial charge on any atom is 0.179 e. The van der Waals surface area contributed by atoms with Gasteiger partial charge in [0.25, 0.3) is 0 Å². The van der Waals surface area contributed by atoms with Crippen LogP contribution in [0.3, 0.4) is 0 Å². The molecule has 1 fully saturated rings. The van der Waals surface area contributed by atoms with E-state index in [2.05, 4.69) is 59.6 Å². The van der Waals surface area contributed by atoms with Crippen LogP contribution < -0.4 is 4.90 Å². The molecule has 1 aromatic carbocycles. The third kappa shape index (κ3) is 3.15. The summed E-state index contributed by atoms with van der Waals surface area (Å²) in [4.78, 5) is 4.82. The minimum Gasteiger partial charge on any atom is -0.368 e. The van der Waals surface area contributed by atoms with Crippen molar-refractivity contribution in [1.82, 2.24) is 34.9 Å². The van der Waals surface area contributed by atoms with E-state index < -0.39 is 0 Å². The first-order chi connectivity index (χ1) is 13.4. The zero-order valence-corrected chi connectivity index (χ0v) is 14.9. The Kier molecular flexibility index (Phi) is 4.02. The largest absolute Gasteiger partial charge is 0.368 e. The molecule has 4 heterocycles. The van der Waals surface area contributed by atoms with Gasteiger partial charge in [0.15, 0.2) is 5.65 Å². The molecule has 0 amide bonds. The number of aromatic nitrogens is 6. The third-order valence-electron chi connectivity index (χ3n) is 5.06. The van der Waals surface area contributed by atoms with Crippen LogP contribution in [0.2, 0.25) is 0 Å². The fourth-order valence-electron chi connectivity index (χ4n) is 3.58. The van der Waals surface area contributed by atoms with Crippen LogP contribution in [-0.4, -0.2) is 61.1 Å². The van der Waals surface area contributed by atoms with Crippen LogP contribution in [0.5, 0.6) is 0 Å². The smallest absolute Gasteiger partial charge is 0.179 e. The average Bonchev–Trinajstić information content (AvgIpc) is 3.38. The molecule has 0 atom stereocenters. The highest BCUT2D eigenvalue weighted by Gasteiger charge is 2.20. The van der Waals surface area contributed by atoms with Crippen molar-refractivity contribution in [1.29, 1.82) is 0 Å². The lowest BCUT2D eigenvalue weighted by Gasteiger charge is -2.35. The van der Waals surface area contributed by atoms with Crippen molar-refractivity contribution in [2.75, 3.05) is 31.1 Å². The van der Waals surface area contributed by atoms with E-state index in [1.165, 1.54) is 11.1 Å². The molecule has 1 saturated heterocycles. The van der Waals surface area contributed by atoms with Gasteiger partial charge in [-0.1, -0.05) is 30.3 Å². The van der Waals surface area contributed by atoms with Gasteiger partial charge in [0.05, 0.1) is 23.8 Å². The first-order valence-electron chi connectivity index (χ1n) is 9.08. The molecule has 1 N–H and O–H groups in total. The highest BCUT2D eigenvalue weighted by atomic mass is 15.3. The van der Waals surface area contributed by atoms with E-state index in [1.807, 2.05) is 24.5 Å². The molecule has 0 aliphatic carbocycles. The zero-order valence-electron chi connectivity index (χ0n) is 14.9. The monoisotopic (exact) mass is 360 g/mol. The minimum absolute atomic E-state index is 0.779. The number of anilines is 1. The van der Waals surface area contributed by atoms with E-state index in [-0.39, 0.29) is 0 Å². The standard InChI is InChI=1S/C19H20N8/c1-2-4-15(5-3-1)19-16(11-20-24-19)13-25-6-8-26(9-7-25)17-10-18-23-21-14-27(18)22-12-17/h1-5,10-12,14H,6-9,13H2,(H,20,24). The molecule has 1 aliphatic rings. The minimum atomic E-state index is 0.779. The van der Waals surface area contributed by atoms with E-state index in [0.717, 1.165) is 49.8 Å². The summed E-state index contributed by atoms with van der Waals surface area (Å²) in [6.07, 6.45) is 5.44. The van der Waals surface area contributed by atoms with E-state index >= 15 is 0 Å². The predicted octanol–water partition coefficient (Wildman–Crippen LogP) is 1.84. The molecule has 27 heavy (non-hydrogen) atoms. The maximum absolute atomic E-state index is 4.37. The molecule has 5 rings (SSSR count). The fourth-order valence-corrected chi connectivity index (χ4v) is 3.58. The summed E-state index contributed by atoms with van der Waals surface area (Å²) >= 11 is 0. The van der Waals surface area contributed by atoms with Crippen molar-refractivity contribution in [2.24, 2.45) is 0 Å². The molecule has 1 aliphatic heterocycles. The molecule has 0 spiro atoms. The quantitative estimate of drug-likeness (QED) is 0.598. The molecule has 8 nitrogen and oxygen atoms in total. The summed E-state index contributed by atoms with van der Waals surface area (Å²) in [6.45, 7) is 4.82. The molecule has 136 valence electrons. The Morgan fingerprint density at radius 1 is 1.00 bits per heavy atom. The van der Waals surface area contributed by atoms with Gasteiger partial charge < -0.3 is 4.90 Å². The SMILES string of the molecule is c1ccc(-c2[nH]ncc2CN2CCN(c3cnn4cnnc4c3)CC2)cc1. The van der Waals surface area contributed by atoms with E-state index in [9.17, 15) is 0 Å². The molecule has 0 saturated carbocycles. The van der Waals surface area contributed by atoms with Gasteiger partial charge in [-0.2, -0.15) is 10.2 Å². The first-order valence-corrected chi connectivity index (χ1v) is 9.08. The normalized spacial score (nSPS) is 15.5. The highest BCUT2D eigenvalue weighted by Crippen LogP contribution is 2.23. The van der Waals surface area contributed by atoms with Gasteiger partial charge in [0.2, 0.25) is 0 Å². The molecule has 4 aromatic rings. The topological polar surface area (TPSA) is 78.2 Å². The van der Waals surface area contributed by atoms with Crippen molar-refractivity contribution < 1.29 is 0 Å². The van der Waals surface area contributed by atoms with Crippen LogP contribution in [0, 0.1) is 0 Å². The number of benzene rings is 1. The summed E-state index contributed by atoms with van der Waals surface area (Å²) in [5.74, 6) is 0. The Bertz CT molecular complexity index is 1030.